The fourth-order valence-electron chi connectivity index (χ4n) is 2.45. The lowest BCUT2D eigenvalue weighted by Crippen LogP contribution is -2.29. The topological polar surface area (TPSA) is 46.3 Å². The zero-order chi connectivity index (χ0) is 12.5. The van der Waals surface area contributed by atoms with Gasteiger partial charge in [0.15, 0.2) is 5.58 Å². The zero-order valence-electron chi connectivity index (χ0n) is 10.5. The third-order valence-corrected chi connectivity index (χ3v) is 3.48. The summed E-state index contributed by atoms with van der Waals surface area (Å²) < 4.78 is 5.27. The van der Waals surface area contributed by atoms with Crippen LogP contribution in [-0.4, -0.2) is 36.9 Å². The second-order valence-corrected chi connectivity index (χ2v) is 4.89. The molecular formula is C13H15BN2O2. The van der Waals surface area contributed by atoms with E-state index >= 15 is 0 Å². The van der Waals surface area contributed by atoms with Crippen LogP contribution in [0.25, 0.3) is 11.0 Å². The summed E-state index contributed by atoms with van der Waals surface area (Å²) >= 11 is 0. The lowest BCUT2D eigenvalue weighted by atomic mass is 9.95. The minimum absolute atomic E-state index is 0.156. The minimum Gasteiger partial charge on any atom is -0.356 e. The molecule has 0 atom stereocenters. The molecule has 1 aromatic heterocycles. The smallest absolute Gasteiger partial charge is 0.228 e. The zero-order valence-corrected chi connectivity index (χ0v) is 10.5. The van der Waals surface area contributed by atoms with Gasteiger partial charge in [0.1, 0.15) is 13.5 Å². The van der Waals surface area contributed by atoms with Crippen LogP contribution in [0, 0.1) is 0 Å². The molecule has 1 amide bonds. The molecule has 1 aromatic carbocycles. The summed E-state index contributed by atoms with van der Waals surface area (Å²) in [6.45, 7) is 1.77. The molecule has 0 aliphatic carbocycles. The molecule has 2 heterocycles. The van der Waals surface area contributed by atoms with Gasteiger partial charge >= 0.3 is 0 Å². The first-order valence-corrected chi connectivity index (χ1v) is 6.37. The summed E-state index contributed by atoms with van der Waals surface area (Å²) in [5, 5.41) is 4.98. The second kappa shape index (κ2) is 4.48. The van der Waals surface area contributed by atoms with Gasteiger partial charge in [-0.1, -0.05) is 16.7 Å². The highest BCUT2D eigenvalue weighted by molar-refractivity contribution is 6.33. The Kier molecular flexibility index (Phi) is 2.82. The van der Waals surface area contributed by atoms with Crippen LogP contribution < -0.4 is 5.46 Å². The number of nitrogens with zero attached hydrogens (tertiary/aromatic N) is 2. The van der Waals surface area contributed by atoms with Crippen molar-refractivity contribution in [1.29, 1.82) is 0 Å². The standard InChI is InChI=1S/C13H15BN2O2/c14-9-3-4-10-11(15-18-12(10)7-9)8-13(17)16-5-1-2-6-16/h3-4,7H,1-2,5-6,8,14H2. The highest BCUT2D eigenvalue weighted by atomic mass is 16.5. The SMILES string of the molecule is Bc1ccc2c(CC(=O)N3CCCC3)noc2c1. The fourth-order valence-corrected chi connectivity index (χ4v) is 2.45. The highest BCUT2D eigenvalue weighted by Gasteiger charge is 2.20. The molecule has 0 unspecified atom stereocenters. The molecule has 4 nitrogen and oxygen atoms in total. The number of hydrogen-bond acceptors (Lipinski definition) is 3. The summed E-state index contributed by atoms with van der Waals surface area (Å²) in [6.07, 6.45) is 2.57. The summed E-state index contributed by atoms with van der Waals surface area (Å²) in [5.41, 5.74) is 2.65. The number of hydrogen-bond donors (Lipinski definition) is 0. The van der Waals surface area contributed by atoms with Crippen molar-refractivity contribution < 1.29 is 9.32 Å². The van der Waals surface area contributed by atoms with Crippen LogP contribution in [0.3, 0.4) is 0 Å². The second-order valence-electron chi connectivity index (χ2n) is 4.89. The monoisotopic (exact) mass is 242 g/mol. The number of likely N-dealkylation sites (tertiary alicyclic amines) is 1. The van der Waals surface area contributed by atoms with Gasteiger partial charge in [-0.15, -0.1) is 0 Å². The predicted molar refractivity (Wildman–Crippen MR) is 71.7 cm³/mol. The number of amides is 1. The van der Waals surface area contributed by atoms with Gasteiger partial charge in [0, 0.05) is 18.5 Å². The van der Waals surface area contributed by atoms with Crippen LogP contribution in [0.2, 0.25) is 0 Å². The number of aromatic nitrogens is 1. The third-order valence-electron chi connectivity index (χ3n) is 3.48. The number of fused-ring (bicyclic) bond motifs is 1. The van der Waals surface area contributed by atoms with Crippen molar-refractivity contribution in [2.45, 2.75) is 19.3 Å². The molecule has 18 heavy (non-hydrogen) atoms. The van der Waals surface area contributed by atoms with E-state index in [-0.39, 0.29) is 5.91 Å². The molecule has 2 aromatic rings. The van der Waals surface area contributed by atoms with Gasteiger partial charge in [-0.25, -0.2) is 0 Å². The number of benzene rings is 1. The van der Waals surface area contributed by atoms with Gasteiger partial charge in [0.05, 0.1) is 6.42 Å². The molecule has 3 rings (SSSR count). The molecule has 0 saturated carbocycles. The summed E-state index contributed by atoms with van der Waals surface area (Å²) in [5.74, 6) is 0.156. The molecule has 1 saturated heterocycles. The molecule has 0 radical (unpaired) electrons. The quantitative estimate of drug-likeness (QED) is 0.709. The number of rotatable bonds is 2. The number of carbonyl (C=O) groups is 1. The van der Waals surface area contributed by atoms with E-state index < -0.39 is 0 Å². The van der Waals surface area contributed by atoms with Crippen molar-refractivity contribution >= 4 is 30.2 Å². The first-order chi connectivity index (χ1) is 8.74. The maximum atomic E-state index is 12.1. The average molecular weight is 242 g/mol. The normalized spacial score (nSPS) is 15.4. The molecule has 0 spiro atoms. The van der Waals surface area contributed by atoms with Crippen LogP contribution in [0.5, 0.6) is 0 Å². The summed E-state index contributed by atoms with van der Waals surface area (Å²) in [4.78, 5) is 14.0. The van der Waals surface area contributed by atoms with Crippen LogP contribution in [0.4, 0.5) is 0 Å². The predicted octanol–water partition coefficient (Wildman–Crippen LogP) is 0.251. The Morgan fingerprint density at radius 2 is 2.17 bits per heavy atom. The van der Waals surface area contributed by atoms with E-state index in [4.69, 9.17) is 4.52 Å². The molecule has 1 aliphatic rings. The minimum atomic E-state index is 0.156. The van der Waals surface area contributed by atoms with E-state index in [1.54, 1.807) is 0 Å². The highest BCUT2D eigenvalue weighted by Crippen LogP contribution is 2.18. The Hall–Kier alpha value is -1.78. The Bertz CT molecular complexity index is 588. The van der Waals surface area contributed by atoms with Gasteiger partial charge < -0.3 is 9.42 Å². The van der Waals surface area contributed by atoms with Crippen molar-refractivity contribution in [1.82, 2.24) is 10.1 Å². The first kappa shape index (κ1) is 11.3. The first-order valence-electron chi connectivity index (χ1n) is 6.37. The molecule has 0 N–H and O–H groups in total. The third kappa shape index (κ3) is 2.01. The van der Waals surface area contributed by atoms with Crippen molar-refractivity contribution in [2.75, 3.05) is 13.1 Å². The Morgan fingerprint density at radius 3 is 2.94 bits per heavy atom. The molecule has 5 heteroatoms. The maximum Gasteiger partial charge on any atom is 0.228 e. The van der Waals surface area contributed by atoms with Gasteiger partial charge in [-0.3, -0.25) is 4.79 Å². The lowest BCUT2D eigenvalue weighted by Gasteiger charge is -2.13. The van der Waals surface area contributed by atoms with Crippen molar-refractivity contribution in [3.63, 3.8) is 0 Å². The van der Waals surface area contributed by atoms with Crippen molar-refractivity contribution in [2.24, 2.45) is 0 Å². The van der Waals surface area contributed by atoms with E-state index in [1.807, 2.05) is 30.9 Å². The largest absolute Gasteiger partial charge is 0.356 e. The lowest BCUT2D eigenvalue weighted by molar-refractivity contribution is -0.129. The average Bonchev–Trinajstić information content (AvgIpc) is 2.98. The van der Waals surface area contributed by atoms with Crippen LogP contribution in [-0.2, 0) is 11.2 Å². The molecular weight excluding hydrogens is 227 g/mol. The van der Waals surface area contributed by atoms with Gasteiger partial charge in [0.2, 0.25) is 5.91 Å². The molecule has 92 valence electrons. The van der Waals surface area contributed by atoms with Gasteiger partial charge in [-0.2, -0.15) is 0 Å². The fraction of sp³-hybridized carbons (Fsp3) is 0.385. The van der Waals surface area contributed by atoms with Crippen LogP contribution in [0.1, 0.15) is 18.5 Å². The molecule has 1 fully saturated rings. The Labute approximate surface area is 106 Å². The Morgan fingerprint density at radius 1 is 1.39 bits per heavy atom. The van der Waals surface area contributed by atoms with E-state index in [0.29, 0.717) is 6.42 Å². The maximum absolute atomic E-state index is 12.1. The molecule has 0 bridgehead atoms. The van der Waals surface area contributed by atoms with E-state index in [9.17, 15) is 4.79 Å². The van der Waals surface area contributed by atoms with Crippen LogP contribution >= 0.6 is 0 Å². The van der Waals surface area contributed by atoms with Gasteiger partial charge in [0.25, 0.3) is 0 Å². The number of carbonyl (C=O) groups excluding carboxylic acids is 1. The van der Waals surface area contributed by atoms with Crippen molar-refractivity contribution in [3.05, 3.63) is 23.9 Å². The molecule has 1 aliphatic heterocycles. The van der Waals surface area contributed by atoms with E-state index in [2.05, 4.69) is 5.16 Å². The van der Waals surface area contributed by atoms with E-state index in [1.165, 1.54) is 0 Å². The summed E-state index contributed by atoms with van der Waals surface area (Å²) in [7, 11) is 2.01. The van der Waals surface area contributed by atoms with Crippen molar-refractivity contribution in [3.8, 4) is 0 Å². The van der Waals surface area contributed by atoms with Gasteiger partial charge in [-0.05, 0) is 25.0 Å². The summed E-state index contributed by atoms with van der Waals surface area (Å²) in [6, 6.07) is 5.95. The Balaban J connectivity index is 1.84. The van der Waals surface area contributed by atoms with E-state index in [0.717, 1.165) is 48.1 Å². The van der Waals surface area contributed by atoms with Crippen LogP contribution in [0.15, 0.2) is 22.7 Å².